The maximum absolute atomic E-state index is 14.4. The predicted octanol–water partition coefficient (Wildman–Crippen LogP) is 4.95. The highest BCUT2D eigenvalue weighted by molar-refractivity contribution is 7.71. The average molecular weight is 383 g/mol. The van der Waals surface area contributed by atoms with E-state index in [1.54, 1.807) is 12.1 Å². The molecule has 0 radical (unpaired) electrons. The SMILES string of the molecule is Cc1ccccc1CN(C)Cn1nc(-c2ccccc2F)n(C2CC2)c1=S. The summed E-state index contributed by atoms with van der Waals surface area (Å²) in [4.78, 5) is 2.17. The minimum Gasteiger partial charge on any atom is -0.297 e. The van der Waals surface area contributed by atoms with E-state index in [2.05, 4.69) is 30.0 Å². The van der Waals surface area contributed by atoms with Gasteiger partial charge in [-0.25, -0.2) is 9.07 Å². The van der Waals surface area contributed by atoms with E-state index in [1.807, 2.05) is 28.4 Å². The molecule has 0 atom stereocenters. The number of aryl methyl sites for hydroxylation is 1. The zero-order valence-electron chi connectivity index (χ0n) is 15.6. The van der Waals surface area contributed by atoms with Crippen molar-refractivity contribution in [2.24, 2.45) is 0 Å². The molecule has 1 aliphatic carbocycles. The highest BCUT2D eigenvalue weighted by Gasteiger charge is 2.30. The van der Waals surface area contributed by atoms with E-state index >= 15 is 0 Å². The summed E-state index contributed by atoms with van der Waals surface area (Å²) < 4.78 is 18.9. The fourth-order valence-electron chi connectivity index (χ4n) is 3.36. The van der Waals surface area contributed by atoms with Gasteiger partial charge in [0.25, 0.3) is 0 Å². The van der Waals surface area contributed by atoms with Crippen LogP contribution < -0.4 is 0 Å². The molecule has 0 N–H and O–H groups in total. The van der Waals surface area contributed by atoms with Crippen LogP contribution in [0.15, 0.2) is 48.5 Å². The summed E-state index contributed by atoms with van der Waals surface area (Å²) >= 11 is 5.70. The highest BCUT2D eigenvalue weighted by atomic mass is 32.1. The second-order valence-electron chi connectivity index (χ2n) is 7.27. The van der Waals surface area contributed by atoms with Crippen LogP contribution in [0.25, 0.3) is 11.4 Å². The van der Waals surface area contributed by atoms with Crippen LogP contribution in [0.3, 0.4) is 0 Å². The molecule has 3 aromatic rings. The molecular weight excluding hydrogens is 359 g/mol. The fraction of sp³-hybridized carbons (Fsp3) is 0.333. The lowest BCUT2D eigenvalue weighted by molar-refractivity contribution is 0.243. The minimum absolute atomic E-state index is 0.264. The van der Waals surface area contributed by atoms with Crippen LogP contribution in [0.5, 0.6) is 0 Å². The minimum atomic E-state index is -0.264. The van der Waals surface area contributed by atoms with Gasteiger partial charge in [0, 0.05) is 12.6 Å². The maximum atomic E-state index is 14.4. The zero-order valence-corrected chi connectivity index (χ0v) is 16.4. The van der Waals surface area contributed by atoms with Crippen LogP contribution in [0.1, 0.15) is 30.0 Å². The molecule has 0 unspecified atom stereocenters. The number of rotatable bonds is 6. The standard InChI is InChI=1S/C21H23FN4S/c1-15-7-3-4-8-16(15)13-24(2)14-25-21(27)26(17-11-12-17)20(23-25)18-9-5-6-10-19(18)22/h3-10,17H,11-14H2,1-2H3. The summed E-state index contributed by atoms with van der Waals surface area (Å²) in [5.41, 5.74) is 3.06. The molecule has 4 nitrogen and oxygen atoms in total. The van der Waals surface area contributed by atoms with Gasteiger partial charge in [-0.2, -0.15) is 5.10 Å². The number of hydrogen-bond acceptors (Lipinski definition) is 3. The van der Waals surface area contributed by atoms with Crippen LogP contribution >= 0.6 is 12.2 Å². The molecule has 0 saturated heterocycles. The van der Waals surface area contributed by atoms with E-state index in [4.69, 9.17) is 17.3 Å². The van der Waals surface area contributed by atoms with Crippen LogP contribution in [0, 0.1) is 17.5 Å². The number of aromatic nitrogens is 3. The van der Waals surface area contributed by atoms with Crippen molar-refractivity contribution in [3.8, 4) is 11.4 Å². The summed E-state index contributed by atoms with van der Waals surface area (Å²) in [7, 11) is 2.05. The predicted molar refractivity (Wildman–Crippen MR) is 107 cm³/mol. The Morgan fingerprint density at radius 3 is 2.56 bits per heavy atom. The molecule has 27 heavy (non-hydrogen) atoms. The summed E-state index contributed by atoms with van der Waals surface area (Å²) in [6, 6.07) is 15.5. The monoisotopic (exact) mass is 382 g/mol. The number of hydrogen-bond donors (Lipinski definition) is 0. The van der Waals surface area contributed by atoms with Gasteiger partial charge in [0.1, 0.15) is 5.82 Å². The molecule has 1 saturated carbocycles. The van der Waals surface area contributed by atoms with E-state index in [9.17, 15) is 4.39 Å². The maximum Gasteiger partial charge on any atom is 0.199 e. The molecule has 1 fully saturated rings. The highest BCUT2D eigenvalue weighted by Crippen LogP contribution is 2.39. The lowest BCUT2D eigenvalue weighted by Crippen LogP contribution is -2.23. The Hall–Kier alpha value is -2.31. The average Bonchev–Trinajstić information content (AvgIpc) is 3.43. The summed E-state index contributed by atoms with van der Waals surface area (Å²) in [5, 5.41) is 4.70. The van der Waals surface area contributed by atoms with Crippen LogP contribution in [-0.4, -0.2) is 26.3 Å². The van der Waals surface area contributed by atoms with Crippen molar-refractivity contribution in [1.29, 1.82) is 0 Å². The van der Waals surface area contributed by atoms with Gasteiger partial charge in [0.2, 0.25) is 0 Å². The first-order valence-electron chi connectivity index (χ1n) is 9.22. The largest absolute Gasteiger partial charge is 0.297 e. The van der Waals surface area contributed by atoms with Crippen molar-refractivity contribution >= 4 is 12.2 Å². The van der Waals surface area contributed by atoms with Crippen LogP contribution in [0.4, 0.5) is 4.39 Å². The lowest BCUT2D eigenvalue weighted by atomic mass is 10.1. The third-order valence-corrected chi connectivity index (χ3v) is 5.38. The van der Waals surface area contributed by atoms with Crippen molar-refractivity contribution < 1.29 is 4.39 Å². The quantitative estimate of drug-likeness (QED) is 0.564. The lowest BCUT2D eigenvalue weighted by Gasteiger charge is -2.17. The Bertz CT molecular complexity index is 1020. The molecular formula is C21H23FN4S. The molecule has 0 aliphatic heterocycles. The van der Waals surface area contributed by atoms with Gasteiger partial charge in [0.05, 0.1) is 12.2 Å². The van der Waals surface area contributed by atoms with E-state index in [0.717, 1.165) is 19.4 Å². The second-order valence-corrected chi connectivity index (χ2v) is 7.63. The zero-order chi connectivity index (χ0) is 19.0. The first-order chi connectivity index (χ1) is 13.0. The van der Waals surface area contributed by atoms with Crippen LogP contribution in [-0.2, 0) is 13.2 Å². The molecule has 1 aliphatic rings. The van der Waals surface area contributed by atoms with Gasteiger partial charge in [-0.05, 0) is 62.3 Å². The molecule has 6 heteroatoms. The topological polar surface area (TPSA) is 26.0 Å². The fourth-order valence-corrected chi connectivity index (χ4v) is 3.69. The summed E-state index contributed by atoms with van der Waals surface area (Å²) in [6.45, 7) is 3.49. The Kier molecular flexibility index (Phi) is 4.93. The molecule has 140 valence electrons. The summed E-state index contributed by atoms with van der Waals surface area (Å²) in [6.07, 6.45) is 2.14. The van der Waals surface area contributed by atoms with Gasteiger partial charge >= 0.3 is 0 Å². The summed E-state index contributed by atoms with van der Waals surface area (Å²) in [5.74, 6) is 0.365. The van der Waals surface area contributed by atoms with Gasteiger partial charge in [-0.3, -0.25) is 9.47 Å². The molecule has 4 rings (SSSR count). The van der Waals surface area contributed by atoms with Gasteiger partial charge in [0.15, 0.2) is 10.6 Å². The Labute approximate surface area is 163 Å². The normalized spacial score (nSPS) is 14.1. The van der Waals surface area contributed by atoms with Gasteiger partial charge in [-0.1, -0.05) is 36.4 Å². The Balaban J connectivity index is 1.64. The van der Waals surface area contributed by atoms with Crippen LogP contribution in [0.2, 0.25) is 0 Å². The third kappa shape index (κ3) is 3.73. The van der Waals surface area contributed by atoms with Crippen molar-refractivity contribution in [3.63, 3.8) is 0 Å². The smallest absolute Gasteiger partial charge is 0.199 e. The van der Waals surface area contributed by atoms with E-state index in [0.29, 0.717) is 28.9 Å². The Morgan fingerprint density at radius 2 is 1.85 bits per heavy atom. The number of nitrogens with zero attached hydrogens (tertiary/aromatic N) is 4. The van der Waals surface area contributed by atoms with Gasteiger partial charge in [-0.15, -0.1) is 0 Å². The van der Waals surface area contributed by atoms with E-state index < -0.39 is 0 Å². The second kappa shape index (κ2) is 7.37. The van der Waals surface area contributed by atoms with E-state index in [-0.39, 0.29) is 5.82 Å². The van der Waals surface area contributed by atoms with Gasteiger partial charge < -0.3 is 0 Å². The first-order valence-corrected chi connectivity index (χ1v) is 9.62. The first kappa shape index (κ1) is 18.1. The van der Waals surface area contributed by atoms with E-state index in [1.165, 1.54) is 17.2 Å². The molecule has 0 amide bonds. The molecule has 1 aromatic heterocycles. The van der Waals surface area contributed by atoms with Crippen molar-refractivity contribution in [2.75, 3.05) is 7.05 Å². The third-order valence-electron chi connectivity index (χ3n) is 4.97. The number of halogens is 1. The molecule has 0 bridgehead atoms. The molecule has 0 spiro atoms. The Morgan fingerprint density at radius 1 is 1.15 bits per heavy atom. The van der Waals surface area contributed by atoms with Crippen molar-refractivity contribution in [3.05, 3.63) is 70.2 Å². The molecule has 2 aromatic carbocycles. The molecule has 1 heterocycles. The van der Waals surface area contributed by atoms with Crippen molar-refractivity contribution in [2.45, 2.75) is 39.0 Å². The number of benzene rings is 2. The van der Waals surface area contributed by atoms with Crippen molar-refractivity contribution in [1.82, 2.24) is 19.2 Å².